The van der Waals surface area contributed by atoms with Crippen molar-refractivity contribution in [2.24, 2.45) is 0 Å². The molecule has 0 fully saturated rings. The summed E-state index contributed by atoms with van der Waals surface area (Å²) in [6, 6.07) is 23.3. The van der Waals surface area contributed by atoms with Crippen LogP contribution in [0.1, 0.15) is 68.0 Å². The largest absolute Gasteiger partial charge is 0.444 e. The van der Waals surface area contributed by atoms with Crippen LogP contribution in [0.5, 0.6) is 0 Å². The monoisotopic (exact) mass is 557 g/mol. The minimum Gasteiger partial charge on any atom is -0.444 e. The summed E-state index contributed by atoms with van der Waals surface area (Å²) < 4.78 is 5.51. The number of carbonyl (C=O) groups excluding carboxylic acids is 3. The lowest BCUT2D eigenvalue weighted by Crippen LogP contribution is -2.54. The maximum atomic E-state index is 14.4. The Bertz CT molecular complexity index is 1300. The van der Waals surface area contributed by atoms with E-state index in [-0.39, 0.29) is 18.2 Å². The van der Waals surface area contributed by atoms with Crippen LogP contribution in [0.4, 0.5) is 4.79 Å². The zero-order valence-corrected chi connectivity index (χ0v) is 25.1. The van der Waals surface area contributed by atoms with Gasteiger partial charge < -0.3 is 20.3 Å². The van der Waals surface area contributed by atoms with Gasteiger partial charge in [-0.3, -0.25) is 9.59 Å². The average Bonchev–Trinajstić information content (AvgIpc) is 2.93. The van der Waals surface area contributed by atoms with Crippen LogP contribution in [0.15, 0.2) is 78.9 Å². The summed E-state index contributed by atoms with van der Waals surface area (Å²) in [6.45, 7) is 11.9. The maximum Gasteiger partial charge on any atom is 0.408 e. The fraction of sp³-hybridized carbons (Fsp3) is 0.382. The summed E-state index contributed by atoms with van der Waals surface area (Å²) in [5.74, 6) is -0.623. The van der Waals surface area contributed by atoms with Crippen LogP contribution in [0.2, 0.25) is 0 Å². The van der Waals surface area contributed by atoms with E-state index in [1.54, 1.807) is 25.7 Å². The van der Waals surface area contributed by atoms with Crippen LogP contribution in [-0.2, 0) is 27.3 Å². The van der Waals surface area contributed by atoms with Gasteiger partial charge in [0.1, 0.15) is 17.7 Å². The first kappa shape index (κ1) is 31.4. The Morgan fingerprint density at radius 2 is 1.49 bits per heavy atom. The Morgan fingerprint density at radius 1 is 0.878 bits per heavy atom. The molecule has 2 atom stereocenters. The number of hydrogen-bond donors (Lipinski definition) is 2. The van der Waals surface area contributed by atoms with Gasteiger partial charge in [-0.25, -0.2) is 4.79 Å². The third-order valence-corrected chi connectivity index (χ3v) is 6.62. The molecule has 0 heterocycles. The lowest BCUT2D eigenvalue weighted by atomic mass is 9.95. The summed E-state index contributed by atoms with van der Waals surface area (Å²) in [7, 11) is 0. The smallest absolute Gasteiger partial charge is 0.408 e. The summed E-state index contributed by atoms with van der Waals surface area (Å²) in [5.41, 5.74) is 3.77. The van der Waals surface area contributed by atoms with E-state index >= 15 is 0 Å². The third-order valence-electron chi connectivity index (χ3n) is 6.62. The van der Waals surface area contributed by atoms with Gasteiger partial charge >= 0.3 is 6.09 Å². The number of carbonyl (C=O) groups is 3. The van der Waals surface area contributed by atoms with Crippen molar-refractivity contribution in [2.45, 2.75) is 78.6 Å². The van der Waals surface area contributed by atoms with Gasteiger partial charge in [0.25, 0.3) is 0 Å². The standard InChI is InChI=1S/C34H43N3O4/c1-7-20-37(32(39)29(22-26-14-10-8-11-15-26)36-33(40)41-34(4,5)6)30(28-21-24(2)18-19-25(28)3)31(38)35-23-27-16-12-9-13-17-27/h8-19,21,29-30H,7,20,22-23H2,1-6H3,(H,35,38)(H,36,40). The van der Waals surface area contributed by atoms with Crippen LogP contribution < -0.4 is 10.6 Å². The predicted molar refractivity (Wildman–Crippen MR) is 162 cm³/mol. The fourth-order valence-electron chi connectivity index (χ4n) is 4.69. The molecular formula is C34H43N3O4. The second-order valence-electron chi connectivity index (χ2n) is 11.4. The lowest BCUT2D eigenvalue weighted by Gasteiger charge is -2.35. The van der Waals surface area contributed by atoms with Gasteiger partial charge in [0, 0.05) is 19.5 Å². The number of rotatable bonds is 11. The molecule has 3 aromatic rings. The highest BCUT2D eigenvalue weighted by molar-refractivity contribution is 5.92. The number of nitrogens with one attached hydrogen (secondary N) is 2. The van der Waals surface area contributed by atoms with E-state index in [9.17, 15) is 14.4 Å². The first-order valence-electron chi connectivity index (χ1n) is 14.2. The van der Waals surface area contributed by atoms with Gasteiger partial charge in [-0.05, 0) is 63.3 Å². The number of hydrogen-bond acceptors (Lipinski definition) is 4. The molecule has 3 amide bonds. The second-order valence-corrected chi connectivity index (χ2v) is 11.4. The van der Waals surface area contributed by atoms with Crippen LogP contribution >= 0.6 is 0 Å². The Morgan fingerprint density at radius 3 is 2.07 bits per heavy atom. The van der Waals surface area contributed by atoms with E-state index in [2.05, 4.69) is 10.6 Å². The molecule has 0 aliphatic rings. The molecule has 218 valence electrons. The predicted octanol–water partition coefficient (Wildman–Crippen LogP) is 6.04. The van der Waals surface area contributed by atoms with Crippen LogP contribution in [0.3, 0.4) is 0 Å². The summed E-state index contributed by atoms with van der Waals surface area (Å²) in [6.07, 6.45) is 0.202. The van der Waals surface area contributed by atoms with Gasteiger partial charge in [0.15, 0.2) is 0 Å². The quantitative estimate of drug-likeness (QED) is 0.301. The highest BCUT2D eigenvalue weighted by atomic mass is 16.6. The fourth-order valence-corrected chi connectivity index (χ4v) is 4.69. The van der Waals surface area contributed by atoms with E-state index < -0.39 is 23.8 Å². The second kappa shape index (κ2) is 14.5. The van der Waals surface area contributed by atoms with E-state index in [0.717, 1.165) is 27.8 Å². The van der Waals surface area contributed by atoms with Crippen molar-refractivity contribution >= 4 is 17.9 Å². The molecule has 7 nitrogen and oxygen atoms in total. The highest BCUT2D eigenvalue weighted by Gasteiger charge is 2.36. The van der Waals surface area contributed by atoms with Crippen molar-refractivity contribution in [1.29, 1.82) is 0 Å². The van der Waals surface area contributed by atoms with Crippen LogP contribution in [0, 0.1) is 13.8 Å². The number of nitrogens with zero attached hydrogens (tertiary/aromatic N) is 1. The van der Waals surface area contributed by atoms with Crippen molar-refractivity contribution in [2.75, 3.05) is 6.54 Å². The van der Waals surface area contributed by atoms with Crippen molar-refractivity contribution in [1.82, 2.24) is 15.5 Å². The van der Waals surface area contributed by atoms with Gasteiger partial charge in [0.05, 0.1) is 0 Å². The van der Waals surface area contributed by atoms with Crippen molar-refractivity contribution < 1.29 is 19.1 Å². The Labute approximate surface area is 244 Å². The molecule has 2 unspecified atom stereocenters. The molecule has 0 aliphatic carbocycles. The summed E-state index contributed by atoms with van der Waals surface area (Å²) in [5, 5.41) is 5.86. The average molecular weight is 558 g/mol. The molecule has 3 aromatic carbocycles. The van der Waals surface area contributed by atoms with E-state index in [0.29, 0.717) is 19.5 Å². The van der Waals surface area contributed by atoms with Crippen LogP contribution in [0.25, 0.3) is 0 Å². The zero-order chi connectivity index (χ0) is 30.0. The third kappa shape index (κ3) is 9.48. The van der Waals surface area contributed by atoms with Crippen molar-refractivity contribution in [3.63, 3.8) is 0 Å². The van der Waals surface area contributed by atoms with Gasteiger partial charge in [-0.15, -0.1) is 0 Å². The molecule has 0 aliphatic heterocycles. The van der Waals surface area contributed by atoms with Gasteiger partial charge in [-0.2, -0.15) is 0 Å². The number of benzene rings is 3. The molecule has 7 heteroatoms. The number of ether oxygens (including phenoxy) is 1. The molecule has 0 radical (unpaired) electrons. The molecular weight excluding hydrogens is 514 g/mol. The zero-order valence-electron chi connectivity index (χ0n) is 25.1. The van der Waals surface area contributed by atoms with E-state index in [1.807, 2.05) is 99.6 Å². The Hall–Kier alpha value is -4.13. The van der Waals surface area contributed by atoms with Gasteiger partial charge in [0.2, 0.25) is 11.8 Å². The molecule has 0 saturated heterocycles. The Balaban J connectivity index is 2.02. The maximum absolute atomic E-state index is 14.4. The van der Waals surface area contributed by atoms with Gasteiger partial charge in [-0.1, -0.05) is 91.3 Å². The van der Waals surface area contributed by atoms with Crippen molar-refractivity contribution in [3.05, 3.63) is 107 Å². The van der Waals surface area contributed by atoms with Crippen molar-refractivity contribution in [3.8, 4) is 0 Å². The highest BCUT2D eigenvalue weighted by Crippen LogP contribution is 2.27. The normalized spacial score (nSPS) is 12.6. The summed E-state index contributed by atoms with van der Waals surface area (Å²) in [4.78, 5) is 42.9. The minimum atomic E-state index is -0.937. The SMILES string of the molecule is CCCN(C(=O)C(Cc1ccccc1)NC(=O)OC(C)(C)C)C(C(=O)NCc1ccccc1)c1cc(C)ccc1C. The summed E-state index contributed by atoms with van der Waals surface area (Å²) >= 11 is 0. The number of amides is 3. The molecule has 2 N–H and O–H groups in total. The van der Waals surface area contributed by atoms with E-state index in [4.69, 9.17) is 4.74 Å². The molecule has 3 rings (SSSR count). The first-order chi connectivity index (χ1) is 19.5. The molecule has 0 aromatic heterocycles. The molecule has 0 saturated carbocycles. The lowest BCUT2D eigenvalue weighted by molar-refractivity contribution is -0.142. The molecule has 0 spiro atoms. The number of alkyl carbamates (subject to hydrolysis) is 1. The van der Waals surface area contributed by atoms with E-state index in [1.165, 1.54) is 0 Å². The first-order valence-corrected chi connectivity index (χ1v) is 14.2. The Kier molecular flexibility index (Phi) is 11.1. The van der Waals surface area contributed by atoms with Crippen LogP contribution in [-0.4, -0.2) is 41.0 Å². The number of aryl methyl sites for hydroxylation is 2. The minimum absolute atomic E-state index is 0.254. The topological polar surface area (TPSA) is 87.7 Å². The molecule has 41 heavy (non-hydrogen) atoms. The molecule has 0 bridgehead atoms.